The van der Waals surface area contributed by atoms with Crippen molar-refractivity contribution in [3.05, 3.63) is 11.8 Å². The third-order valence-corrected chi connectivity index (χ3v) is 4.27. The molecular weight excluding hydrogens is 296 g/mol. The van der Waals surface area contributed by atoms with E-state index >= 15 is 0 Å². The van der Waals surface area contributed by atoms with Crippen LogP contribution in [0.4, 0.5) is 10.6 Å². The number of anilines is 1. The summed E-state index contributed by atoms with van der Waals surface area (Å²) in [6.45, 7) is 7.28. The molecule has 2 aliphatic rings. The molecule has 7 heteroatoms. The van der Waals surface area contributed by atoms with E-state index in [2.05, 4.69) is 15.8 Å². The molecule has 2 fully saturated rings. The second kappa shape index (κ2) is 5.86. The Morgan fingerprint density at radius 3 is 2.78 bits per heavy atom. The minimum absolute atomic E-state index is 0.153. The fourth-order valence-electron chi connectivity index (χ4n) is 2.77. The molecule has 0 aromatic carbocycles. The summed E-state index contributed by atoms with van der Waals surface area (Å²) >= 11 is 0. The Labute approximate surface area is 135 Å². The zero-order valence-corrected chi connectivity index (χ0v) is 13.9. The summed E-state index contributed by atoms with van der Waals surface area (Å²) in [6.07, 6.45) is 2.76. The van der Waals surface area contributed by atoms with Gasteiger partial charge in [0, 0.05) is 43.0 Å². The van der Waals surface area contributed by atoms with Crippen LogP contribution in [-0.4, -0.2) is 41.1 Å². The van der Waals surface area contributed by atoms with Gasteiger partial charge in [-0.2, -0.15) is 0 Å². The van der Waals surface area contributed by atoms with E-state index in [0.717, 1.165) is 19.4 Å². The first-order valence-electron chi connectivity index (χ1n) is 8.14. The second-order valence-electron chi connectivity index (χ2n) is 7.51. The minimum atomic E-state index is -0.323. The summed E-state index contributed by atoms with van der Waals surface area (Å²) in [5.74, 6) is 1.52. The summed E-state index contributed by atoms with van der Waals surface area (Å²) < 4.78 is 5.23. The van der Waals surface area contributed by atoms with Gasteiger partial charge in [-0.25, -0.2) is 4.79 Å². The van der Waals surface area contributed by atoms with Crippen LogP contribution in [0.3, 0.4) is 0 Å². The maximum Gasteiger partial charge on any atom is 0.320 e. The summed E-state index contributed by atoms with van der Waals surface area (Å²) in [4.78, 5) is 25.8. The molecule has 23 heavy (non-hydrogen) atoms. The van der Waals surface area contributed by atoms with Gasteiger partial charge in [-0.1, -0.05) is 25.9 Å². The van der Waals surface area contributed by atoms with E-state index in [1.54, 1.807) is 6.07 Å². The number of carbonyl (C=O) groups is 2. The average Bonchev–Trinajstić information content (AvgIpc) is 3.06. The predicted octanol–water partition coefficient (Wildman–Crippen LogP) is 2.10. The summed E-state index contributed by atoms with van der Waals surface area (Å²) in [6, 6.07) is 1.86. The third kappa shape index (κ3) is 3.83. The lowest BCUT2D eigenvalue weighted by atomic mass is 9.93. The Balaban J connectivity index is 1.45. The molecule has 1 unspecified atom stereocenters. The van der Waals surface area contributed by atoms with Gasteiger partial charge in [-0.05, 0) is 12.8 Å². The lowest BCUT2D eigenvalue weighted by molar-refractivity contribution is -0.128. The zero-order valence-electron chi connectivity index (χ0n) is 13.9. The molecule has 1 saturated heterocycles. The zero-order chi connectivity index (χ0) is 16.6. The van der Waals surface area contributed by atoms with Crippen molar-refractivity contribution in [3.63, 3.8) is 0 Å². The minimum Gasteiger partial charge on any atom is -0.359 e. The van der Waals surface area contributed by atoms with Crippen LogP contribution in [0.5, 0.6) is 0 Å². The molecule has 0 spiro atoms. The summed E-state index contributed by atoms with van der Waals surface area (Å²) in [5.41, 5.74) is -0.153. The lowest BCUT2D eigenvalue weighted by Gasteiger charge is -2.15. The molecule has 0 bridgehead atoms. The van der Waals surface area contributed by atoms with Crippen molar-refractivity contribution in [2.24, 2.45) is 5.92 Å². The highest BCUT2D eigenvalue weighted by Crippen LogP contribution is 2.32. The number of nitrogens with one attached hydrogen (secondary N) is 2. The Morgan fingerprint density at radius 2 is 2.17 bits per heavy atom. The van der Waals surface area contributed by atoms with E-state index in [4.69, 9.17) is 4.52 Å². The van der Waals surface area contributed by atoms with E-state index in [1.807, 2.05) is 25.7 Å². The maximum absolute atomic E-state index is 11.9. The number of likely N-dealkylation sites (tertiary alicyclic amines) is 1. The number of aromatic nitrogens is 1. The van der Waals surface area contributed by atoms with Gasteiger partial charge in [-0.15, -0.1) is 0 Å². The number of amides is 3. The SMILES string of the molecule is CC(C)(C)c1cc(NC(=O)NCC2CC(=O)N(C3CC3)C2)no1. The van der Waals surface area contributed by atoms with E-state index in [-0.39, 0.29) is 23.3 Å². The normalized spacial score (nSPS) is 21.6. The van der Waals surface area contributed by atoms with Crippen LogP contribution in [0.2, 0.25) is 0 Å². The molecule has 7 nitrogen and oxygen atoms in total. The Bertz CT molecular complexity index is 601. The highest BCUT2D eigenvalue weighted by Gasteiger charge is 2.39. The van der Waals surface area contributed by atoms with Crippen molar-refractivity contribution in [1.82, 2.24) is 15.4 Å². The Kier molecular flexibility index (Phi) is 4.04. The van der Waals surface area contributed by atoms with Crippen LogP contribution >= 0.6 is 0 Å². The number of hydrogen-bond acceptors (Lipinski definition) is 4. The number of nitrogens with zero attached hydrogens (tertiary/aromatic N) is 2. The van der Waals surface area contributed by atoms with Gasteiger partial charge in [-0.3, -0.25) is 10.1 Å². The standard InChI is InChI=1S/C16H24N4O3/c1-16(2,3)12-7-13(19-23-12)18-15(22)17-8-10-6-14(21)20(9-10)11-4-5-11/h7,10-11H,4-6,8-9H2,1-3H3,(H2,17,18,19,22). The Morgan fingerprint density at radius 1 is 1.43 bits per heavy atom. The van der Waals surface area contributed by atoms with Crippen molar-refractivity contribution in [1.29, 1.82) is 0 Å². The third-order valence-electron chi connectivity index (χ3n) is 4.27. The molecule has 126 valence electrons. The van der Waals surface area contributed by atoms with Crippen molar-refractivity contribution in [3.8, 4) is 0 Å². The molecule has 1 aromatic rings. The highest BCUT2D eigenvalue weighted by atomic mass is 16.5. The van der Waals surface area contributed by atoms with Gasteiger partial charge in [0.1, 0.15) is 5.76 Å². The first-order chi connectivity index (χ1) is 10.8. The van der Waals surface area contributed by atoms with Crippen LogP contribution in [0.25, 0.3) is 0 Å². The fourth-order valence-corrected chi connectivity index (χ4v) is 2.77. The number of urea groups is 1. The van der Waals surface area contributed by atoms with E-state index in [9.17, 15) is 9.59 Å². The van der Waals surface area contributed by atoms with Crippen LogP contribution in [-0.2, 0) is 10.2 Å². The van der Waals surface area contributed by atoms with Crippen molar-refractivity contribution >= 4 is 17.8 Å². The lowest BCUT2D eigenvalue weighted by Crippen LogP contribution is -2.34. The number of rotatable bonds is 4. The second-order valence-corrected chi connectivity index (χ2v) is 7.51. The largest absolute Gasteiger partial charge is 0.359 e. The molecule has 3 amide bonds. The molecule has 1 aromatic heterocycles. The van der Waals surface area contributed by atoms with E-state index < -0.39 is 0 Å². The van der Waals surface area contributed by atoms with Crippen LogP contribution < -0.4 is 10.6 Å². The van der Waals surface area contributed by atoms with Gasteiger partial charge in [0.2, 0.25) is 5.91 Å². The summed E-state index contributed by atoms with van der Waals surface area (Å²) in [7, 11) is 0. The van der Waals surface area contributed by atoms with E-state index in [0.29, 0.717) is 30.6 Å². The van der Waals surface area contributed by atoms with Crippen molar-refractivity contribution in [2.45, 2.75) is 51.5 Å². The monoisotopic (exact) mass is 320 g/mol. The smallest absolute Gasteiger partial charge is 0.320 e. The van der Waals surface area contributed by atoms with Gasteiger partial charge in [0.15, 0.2) is 5.82 Å². The van der Waals surface area contributed by atoms with Crippen molar-refractivity contribution in [2.75, 3.05) is 18.4 Å². The van der Waals surface area contributed by atoms with Gasteiger partial charge < -0.3 is 14.7 Å². The van der Waals surface area contributed by atoms with Gasteiger partial charge in [0.25, 0.3) is 0 Å². The molecular formula is C16H24N4O3. The quantitative estimate of drug-likeness (QED) is 0.889. The predicted molar refractivity (Wildman–Crippen MR) is 85.1 cm³/mol. The topological polar surface area (TPSA) is 87.5 Å². The molecule has 1 aliphatic carbocycles. The maximum atomic E-state index is 11.9. The molecule has 0 radical (unpaired) electrons. The van der Waals surface area contributed by atoms with E-state index in [1.165, 1.54) is 0 Å². The first-order valence-corrected chi connectivity index (χ1v) is 8.14. The molecule has 3 rings (SSSR count). The van der Waals surface area contributed by atoms with Gasteiger partial charge >= 0.3 is 6.03 Å². The molecule has 2 heterocycles. The molecule has 2 N–H and O–H groups in total. The molecule has 1 atom stereocenters. The van der Waals surface area contributed by atoms with Gasteiger partial charge in [0.05, 0.1) is 0 Å². The fraction of sp³-hybridized carbons (Fsp3) is 0.688. The average molecular weight is 320 g/mol. The van der Waals surface area contributed by atoms with Crippen LogP contribution in [0.1, 0.15) is 45.8 Å². The highest BCUT2D eigenvalue weighted by molar-refractivity contribution is 5.88. The van der Waals surface area contributed by atoms with Crippen molar-refractivity contribution < 1.29 is 14.1 Å². The summed E-state index contributed by atoms with van der Waals surface area (Å²) in [5, 5.41) is 9.32. The van der Waals surface area contributed by atoms with Crippen LogP contribution in [0, 0.1) is 5.92 Å². The molecule has 1 saturated carbocycles. The Hall–Kier alpha value is -2.05. The number of hydrogen-bond donors (Lipinski definition) is 2. The first kappa shape index (κ1) is 15.8. The molecule has 1 aliphatic heterocycles. The number of carbonyl (C=O) groups excluding carboxylic acids is 2. The van der Waals surface area contributed by atoms with Crippen LogP contribution in [0.15, 0.2) is 10.6 Å².